The van der Waals surface area contributed by atoms with E-state index < -0.39 is 12.1 Å². The smallest absolute Gasteiger partial charge is 0.317 e. The van der Waals surface area contributed by atoms with Crippen molar-refractivity contribution < 1.29 is 29.3 Å². The molecule has 1 heterocycles. The van der Waals surface area contributed by atoms with Crippen molar-refractivity contribution in [2.24, 2.45) is 0 Å². The van der Waals surface area contributed by atoms with E-state index in [1.165, 1.54) is 0 Å². The lowest BCUT2D eigenvalue weighted by Gasteiger charge is -2.38. The quantitative estimate of drug-likeness (QED) is 0.386. The molecular formula is C14H25N3O6. The second-order valence-electron chi connectivity index (χ2n) is 5.54. The number of carboxylic acid groups (broad SMARTS) is 1. The zero-order valence-corrected chi connectivity index (χ0v) is 13.3. The molecule has 1 saturated heterocycles. The molecular weight excluding hydrogens is 306 g/mol. The average Bonchev–Trinajstić information content (AvgIpc) is 2.41. The summed E-state index contributed by atoms with van der Waals surface area (Å²) in [5.41, 5.74) is 0. The Labute approximate surface area is 135 Å². The van der Waals surface area contributed by atoms with Crippen LogP contribution in [0.15, 0.2) is 0 Å². The maximum atomic E-state index is 11.7. The fourth-order valence-electron chi connectivity index (χ4n) is 1.94. The van der Waals surface area contributed by atoms with Crippen molar-refractivity contribution in [2.45, 2.75) is 38.4 Å². The number of aliphatic carboxylic acids is 1. The van der Waals surface area contributed by atoms with E-state index in [-0.39, 0.29) is 44.0 Å². The molecule has 23 heavy (non-hydrogen) atoms. The van der Waals surface area contributed by atoms with Crippen LogP contribution in [0.2, 0.25) is 0 Å². The first-order valence-corrected chi connectivity index (χ1v) is 7.69. The van der Waals surface area contributed by atoms with Gasteiger partial charge in [0.25, 0.3) is 0 Å². The lowest BCUT2D eigenvalue weighted by Crippen LogP contribution is -2.58. The lowest BCUT2D eigenvalue weighted by molar-refractivity contribution is -0.136. The molecule has 0 bridgehead atoms. The summed E-state index contributed by atoms with van der Waals surface area (Å²) in [4.78, 5) is 35.0. The van der Waals surface area contributed by atoms with Crippen LogP contribution in [0.1, 0.15) is 26.2 Å². The van der Waals surface area contributed by atoms with Crippen LogP contribution in [0.4, 0.5) is 4.79 Å². The number of urea groups is 1. The largest absolute Gasteiger partial charge is 0.481 e. The van der Waals surface area contributed by atoms with Crippen molar-refractivity contribution in [3.63, 3.8) is 0 Å². The zero-order valence-electron chi connectivity index (χ0n) is 13.3. The molecule has 1 aliphatic heterocycles. The van der Waals surface area contributed by atoms with Gasteiger partial charge < -0.3 is 30.5 Å². The van der Waals surface area contributed by atoms with Gasteiger partial charge in [0.2, 0.25) is 5.91 Å². The molecule has 1 rings (SSSR count). The highest BCUT2D eigenvalue weighted by Crippen LogP contribution is 2.11. The van der Waals surface area contributed by atoms with E-state index >= 15 is 0 Å². The van der Waals surface area contributed by atoms with E-state index in [9.17, 15) is 14.4 Å². The normalized spacial score (nSPS) is 15.7. The Morgan fingerprint density at radius 2 is 1.91 bits per heavy atom. The number of aliphatic hydroxyl groups excluding tert-OH is 1. The van der Waals surface area contributed by atoms with E-state index in [1.54, 1.807) is 11.8 Å². The number of carboxylic acids is 1. The predicted molar refractivity (Wildman–Crippen MR) is 80.9 cm³/mol. The van der Waals surface area contributed by atoms with Crippen molar-refractivity contribution in [3.8, 4) is 0 Å². The van der Waals surface area contributed by atoms with Gasteiger partial charge in [0.15, 0.2) is 0 Å². The van der Waals surface area contributed by atoms with Gasteiger partial charge in [-0.1, -0.05) is 0 Å². The highest BCUT2D eigenvalue weighted by Gasteiger charge is 2.31. The molecule has 9 nitrogen and oxygen atoms in total. The molecule has 132 valence electrons. The summed E-state index contributed by atoms with van der Waals surface area (Å²) >= 11 is 0. The molecule has 0 aromatic carbocycles. The third kappa shape index (κ3) is 8.36. The molecule has 0 aromatic heterocycles. The van der Waals surface area contributed by atoms with Crippen LogP contribution < -0.4 is 10.6 Å². The molecule has 4 N–H and O–H groups in total. The zero-order chi connectivity index (χ0) is 17.2. The van der Waals surface area contributed by atoms with Gasteiger partial charge in [0.1, 0.15) is 0 Å². The van der Waals surface area contributed by atoms with Gasteiger partial charge in [-0.2, -0.15) is 0 Å². The molecule has 3 amide bonds. The van der Waals surface area contributed by atoms with Gasteiger partial charge in [0, 0.05) is 19.5 Å². The Bertz CT molecular complexity index is 409. The first-order chi connectivity index (χ1) is 10.9. The monoisotopic (exact) mass is 331 g/mol. The summed E-state index contributed by atoms with van der Waals surface area (Å²) in [6.45, 7) is 3.38. The number of carbonyl (C=O) groups excluding carboxylic acids is 2. The number of aliphatic hydroxyl groups is 1. The molecule has 9 heteroatoms. The predicted octanol–water partition coefficient (Wildman–Crippen LogP) is -0.851. The number of ether oxygens (including phenoxy) is 1. The number of nitrogens with one attached hydrogen (secondary N) is 2. The topological polar surface area (TPSA) is 128 Å². The van der Waals surface area contributed by atoms with E-state index in [2.05, 4.69) is 10.6 Å². The Balaban J connectivity index is 1.99. The van der Waals surface area contributed by atoms with Crippen LogP contribution in [0.25, 0.3) is 0 Å². The van der Waals surface area contributed by atoms with Crippen molar-refractivity contribution in [1.82, 2.24) is 15.5 Å². The number of likely N-dealkylation sites (tertiary alicyclic amines) is 1. The van der Waals surface area contributed by atoms with Gasteiger partial charge >= 0.3 is 12.0 Å². The average molecular weight is 331 g/mol. The van der Waals surface area contributed by atoms with Crippen molar-refractivity contribution in [1.29, 1.82) is 0 Å². The number of nitrogens with zero attached hydrogens (tertiary/aromatic N) is 1. The Morgan fingerprint density at radius 3 is 2.52 bits per heavy atom. The van der Waals surface area contributed by atoms with Gasteiger partial charge in [-0.15, -0.1) is 0 Å². The summed E-state index contributed by atoms with van der Waals surface area (Å²) in [6, 6.07) is -0.201. The third-order valence-electron chi connectivity index (χ3n) is 3.23. The minimum absolute atomic E-state index is 0.0321. The van der Waals surface area contributed by atoms with Gasteiger partial charge in [-0.3, -0.25) is 9.59 Å². The standard InChI is InChI=1S/C14H25N3O6/c1-10(18)9-23-11-7-17(8-11)14(22)16-5-2-3-12(19)15-6-4-13(20)21/h10-11,18H,2-9H2,1H3,(H,15,19)(H,16,22)(H,20,21). The number of hydrogen-bond donors (Lipinski definition) is 4. The van der Waals surface area contributed by atoms with Gasteiger partial charge in [-0.25, -0.2) is 4.79 Å². The molecule has 0 spiro atoms. The van der Waals surface area contributed by atoms with Crippen molar-refractivity contribution in [2.75, 3.05) is 32.8 Å². The van der Waals surface area contributed by atoms with E-state index in [4.69, 9.17) is 14.9 Å². The molecule has 0 saturated carbocycles. The molecule has 1 unspecified atom stereocenters. The fourth-order valence-corrected chi connectivity index (χ4v) is 1.94. The second kappa shape index (κ2) is 10.0. The van der Waals surface area contributed by atoms with E-state index in [0.717, 1.165) is 0 Å². The number of hydrogen-bond acceptors (Lipinski definition) is 5. The molecule has 1 aliphatic rings. The molecule has 0 radical (unpaired) electrons. The number of rotatable bonds is 10. The van der Waals surface area contributed by atoms with Crippen LogP contribution in [0, 0.1) is 0 Å². The van der Waals surface area contributed by atoms with Crippen LogP contribution >= 0.6 is 0 Å². The highest BCUT2D eigenvalue weighted by molar-refractivity contribution is 5.77. The van der Waals surface area contributed by atoms with Crippen LogP contribution in [0.5, 0.6) is 0 Å². The van der Waals surface area contributed by atoms with Gasteiger partial charge in [-0.05, 0) is 13.3 Å². The van der Waals surface area contributed by atoms with E-state index in [1.807, 2.05) is 0 Å². The number of amides is 3. The summed E-state index contributed by atoms with van der Waals surface area (Å²) in [6.07, 6.45) is 0.0748. The summed E-state index contributed by atoms with van der Waals surface area (Å²) < 4.78 is 5.36. The Kier molecular flexibility index (Phi) is 8.35. The van der Waals surface area contributed by atoms with Crippen LogP contribution in [0.3, 0.4) is 0 Å². The number of carbonyl (C=O) groups is 3. The summed E-state index contributed by atoms with van der Waals surface area (Å²) in [5.74, 6) is -1.18. The molecule has 0 aromatic rings. The maximum Gasteiger partial charge on any atom is 0.317 e. The second-order valence-corrected chi connectivity index (χ2v) is 5.54. The van der Waals surface area contributed by atoms with Gasteiger partial charge in [0.05, 0.1) is 38.3 Å². The SMILES string of the molecule is CC(O)COC1CN(C(=O)NCCCC(=O)NCCC(=O)O)C1. The van der Waals surface area contributed by atoms with E-state index in [0.29, 0.717) is 26.1 Å². The van der Waals surface area contributed by atoms with Crippen molar-refractivity contribution >= 4 is 17.9 Å². The first-order valence-electron chi connectivity index (χ1n) is 7.69. The summed E-state index contributed by atoms with van der Waals surface area (Å²) in [5, 5.41) is 22.7. The molecule has 0 aliphatic carbocycles. The third-order valence-corrected chi connectivity index (χ3v) is 3.23. The lowest BCUT2D eigenvalue weighted by atomic mass is 10.2. The first kappa shape index (κ1) is 19.2. The fraction of sp³-hybridized carbons (Fsp3) is 0.786. The maximum absolute atomic E-state index is 11.7. The minimum atomic E-state index is -0.956. The molecule has 1 fully saturated rings. The van der Waals surface area contributed by atoms with Crippen molar-refractivity contribution in [3.05, 3.63) is 0 Å². The highest BCUT2D eigenvalue weighted by atomic mass is 16.5. The minimum Gasteiger partial charge on any atom is -0.481 e. The summed E-state index contributed by atoms with van der Waals surface area (Å²) in [7, 11) is 0. The van der Waals surface area contributed by atoms with Crippen LogP contribution in [-0.2, 0) is 14.3 Å². The molecule has 1 atom stereocenters. The van der Waals surface area contributed by atoms with Crippen LogP contribution in [-0.4, -0.2) is 78.0 Å². The Morgan fingerprint density at radius 1 is 1.22 bits per heavy atom. The Hall–Kier alpha value is -1.87.